The largest absolute Gasteiger partial charge is 0.345 e. The highest BCUT2D eigenvalue weighted by Crippen LogP contribution is 2.34. The van der Waals surface area contributed by atoms with E-state index in [2.05, 4.69) is 96.2 Å². The summed E-state index contributed by atoms with van der Waals surface area (Å²) in [4.78, 5) is 5.45. The number of ether oxygens (including phenoxy) is 2. The third-order valence-electron chi connectivity index (χ3n) is 6.49. The molecule has 0 saturated carbocycles. The van der Waals surface area contributed by atoms with Crippen LogP contribution in [0.15, 0.2) is 96.4 Å². The molecule has 0 radical (unpaired) electrons. The Labute approximate surface area is 212 Å². The summed E-state index contributed by atoms with van der Waals surface area (Å²) in [5.74, 6) is 0.228. The molecule has 1 fully saturated rings. The zero-order chi connectivity index (χ0) is 24.1. The molecule has 5 heteroatoms. The standard InChI is InChI=1S/C30H32N2O2S/c1-23-3-7-25(8-4-23)15-16-30(21-32-18-17-31-22-32)33-19-28(34-30)20-35-29-13-11-27(12-14-29)26-9-5-24(2)6-10-26/h3-14,17-18,22,28H,15-16,19-21H2,1-2H3. The van der Waals surface area contributed by atoms with Crippen molar-refractivity contribution in [1.82, 2.24) is 9.55 Å². The Hall–Kier alpha value is -2.86. The van der Waals surface area contributed by atoms with Gasteiger partial charge in [-0.2, -0.15) is 0 Å². The van der Waals surface area contributed by atoms with Gasteiger partial charge in [0.05, 0.1) is 25.6 Å². The number of hydrogen-bond acceptors (Lipinski definition) is 4. The van der Waals surface area contributed by atoms with Crippen LogP contribution in [0.4, 0.5) is 0 Å². The first-order valence-corrected chi connectivity index (χ1v) is 13.2. The number of aromatic nitrogens is 2. The maximum atomic E-state index is 6.60. The zero-order valence-electron chi connectivity index (χ0n) is 20.4. The lowest BCUT2D eigenvalue weighted by atomic mass is 10.0. The lowest BCUT2D eigenvalue weighted by Crippen LogP contribution is -2.37. The molecule has 2 heterocycles. The molecule has 0 spiro atoms. The number of benzene rings is 3. The Kier molecular flexibility index (Phi) is 7.37. The summed E-state index contributed by atoms with van der Waals surface area (Å²) < 4.78 is 15.0. The second-order valence-electron chi connectivity index (χ2n) is 9.38. The fourth-order valence-corrected chi connectivity index (χ4v) is 5.29. The molecule has 0 N–H and O–H groups in total. The highest BCUT2D eigenvalue weighted by atomic mass is 32.2. The van der Waals surface area contributed by atoms with Crippen LogP contribution in [-0.4, -0.2) is 33.8 Å². The van der Waals surface area contributed by atoms with Crippen molar-refractivity contribution in [1.29, 1.82) is 0 Å². The second-order valence-corrected chi connectivity index (χ2v) is 10.5. The topological polar surface area (TPSA) is 36.3 Å². The number of thioether (sulfide) groups is 1. The monoisotopic (exact) mass is 484 g/mol. The molecule has 1 aliphatic rings. The van der Waals surface area contributed by atoms with Gasteiger partial charge in [0.15, 0.2) is 5.79 Å². The van der Waals surface area contributed by atoms with Gasteiger partial charge in [-0.15, -0.1) is 11.8 Å². The van der Waals surface area contributed by atoms with Crippen molar-refractivity contribution in [3.8, 4) is 11.1 Å². The fourth-order valence-electron chi connectivity index (χ4n) is 4.42. The summed E-state index contributed by atoms with van der Waals surface area (Å²) in [5.41, 5.74) is 6.35. The normalized spacial score (nSPS) is 19.8. The summed E-state index contributed by atoms with van der Waals surface area (Å²) in [6, 6.07) is 26.2. The molecule has 5 rings (SSSR count). The molecule has 1 aromatic heterocycles. The third kappa shape index (κ3) is 6.23. The SMILES string of the molecule is Cc1ccc(CCC2(Cn3ccnc3)OCC(CSc3ccc(-c4ccc(C)cc4)cc3)O2)cc1. The smallest absolute Gasteiger partial charge is 0.187 e. The molecule has 1 aliphatic heterocycles. The molecule has 3 aromatic carbocycles. The van der Waals surface area contributed by atoms with Crippen molar-refractivity contribution in [3.63, 3.8) is 0 Å². The molecule has 0 bridgehead atoms. The quantitative estimate of drug-likeness (QED) is 0.248. The minimum Gasteiger partial charge on any atom is -0.345 e. The van der Waals surface area contributed by atoms with Crippen LogP contribution < -0.4 is 0 Å². The molecule has 0 amide bonds. The van der Waals surface area contributed by atoms with Crippen LogP contribution in [0, 0.1) is 13.8 Å². The summed E-state index contributed by atoms with van der Waals surface area (Å²) in [5, 5.41) is 0. The van der Waals surface area contributed by atoms with Gasteiger partial charge in [-0.05, 0) is 49.1 Å². The van der Waals surface area contributed by atoms with Gasteiger partial charge in [-0.3, -0.25) is 0 Å². The summed E-state index contributed by atoms with van der Waals surface area (Å²) >= 11 is 1.82. The molecule has 180 valence electrons. The van der Waals surface area contributed by atoms with Crippen LogP contribution in [0.1, 0.15) is 23.1 Å². The predicted octanol–water partition coefficient (Wildman–Crippen LogP) is 6.70. The van der Waals surface area contributed by atoms with Crippen LogP contribution in [0.2, 0.25) is 0 Å². The van der Waals surface area contributed by atoms with E-state index >= 15 is 0 Å². The third-order valence-corrected chi connectivity index (χ3v) is 7.63. The molecule has 2 atom stereocenters. The van der Waals surface area contributed by atoms with Crippen molar-refractivity contribution in [2.24, 2.45) is 0 Å². The van der Waals surface area contributed by atoms with Crippen LogP contribution in [0.3, 0.4) is 0 Å². The van der Waals surface area contributed by atoms with Gasteiger partial charge in [0.25, 0.3) is 0 Å². The van der Waals surface area contributed by atoms with Gasteiger partial charge in [0, 0.05) is 29.5 Å². The van der Waals surface area contributed by atoms with Crippen LogP contribution in [-0.2, 0) is 22.4 Å². The van der Waals surface area contributed by atoms with Gasteiger partial charge in [0.2, 0.25) is 0 Å². The van der Waals surface area contributed by atoms with Gasteiger partial charge in [-0.25, -0.2) is 4.98 Å². The molecular formula is C30H32N2O2S. The van der Waals surface area contributed by atoms with Crippen molar-refractivity contribution in [2.75, 3.05) is 12.4 Å². The van der Waals surface area contributed by atoms with Gasteiger partial charge in [-0.1, -0.05) is 71.8 Å². The number of imidazole rings is 1. The van der Waals surface area contributed by atoms with E-state index < -0.39 is 5.79 Å². The maximum absolute atomic E-state index is 6.60. The van der Waals surface area contributed by atoms with Crippen molar-refractivity contribution < 1.29 is 9.47 Å². The zero-order valence-corrected chi connectivity index (χ0v) is 21.2. The molecule has 35 heavy (non-hydrogen) atoms. The summed E-state index contributed by atoms with van der Waals surface area (Å²) in [6.45, 7) is 5.49. The maximum Gasteiger partial charge on any atom is 0.187 e. The molecule has 4 aromatic rings. The Morgan fingerprint density at radius 2 is 1.57 bits per heavy atom. The molecular weight excluding hydrogens is 452 g/mol. The van der Waals surface area contributed by atoms with E-state index in [4.69, 9.17) is 9.47 Å². The van der Waals surface area contributed by atoms with E-state index in [1.165, 1.54) is 32.7 Å². The number of nitrogens with zero attached hydrogens (tertiary/aromatic N) is 2. The van der Waals surface area contributed by atoms with E-state index in [1.54, 1.807) is 6.20 Å². The average Bonchev–Trinajstić information content (AvgIpc) is 3.54. The van der Waals surface area contributed by atoms with Gasteiger partial charge < -0.3 is 14.0 Å². The van der Waals surface area contributed by atoms with E-state index in [-0.39, 0.29) is 6.10 Å². The van der Waals surface area contributed by atoms with E-state index in [1.807, 2.05) is 24.3 Å². The highest BCUT2D eigenvalue weighted by molar-refractivity contribution is 7.99. The number of hydrogen-bond donors (Lipinski definition) is 0. The minimum absolute atomic E-state index is 0.0540. The number of rotatable bonds is 9. The van der Waals surface area contributed by atoms with Crippen molar-refractivity contribution in [2.45, 2.75) is 50.0 Å². The van der Waals surface area contributed by atoms with Crippen LogP contribution in [0.5, 0.6) is 0 Å². The predicted molar refractivity (Wildman–Crippen MR) is 143 cm³/mol. The van der Waals surface area contributed by atoms with Crippen LogP contribution in [0.25, 0.3) is 11.1 Å². The Balaban J connectivity index is 1.20. The van der Waals surface area contributed by atoms with Gasteiger partial charge in [0.1, 0.15) is 0 Å². The highest BCUT2D eigenvalue weighted by Gasteiger charge is 2.41. The second kappa shape index (κ2) is 10.8. The van der Waals surface area contributed by atoms with E-state index in [0.717, 1.165) is 18.6 Å². The first kappa shape index (κ1) is 23.9. The van der Waals surface area contributed by atoms with Gasteiger partial charge >= 0.3 is 0 Å². The number of aryl methyl sites for hydroxylation is 3. The Morgan fingerprint density at radius 1 is 0.914 bits per heavy atom. The fraction of sp³-hybridized carbons (Fsp3) is 0.300. The van der Waals surface area contributed by atoms with Crippen molar-refractivity contribution in [3.05, 3.63) is 108 Å². The first-order chi connectivity index (χ1) is 17.1. The molecule has 0 aliphatic carbocycles. The lowest BCUT2D eigenvalue weighted by Gasteiger charge is -2.28. The van der Waals surface area contributed by atoms with E-state index in [0.29, 0.717) is 13.2 Å². The molecule has 1 saturated heterocycles. The average molecular weight is 485 g/mol. The Bertz CT molecular complexity index is 1200. The Morgan fingerprint density at radius 3 is 2.23 bits per heavy atom. The van der Waals surface area contributed by atoms with Crippen LogP contribution >= 0.6 is 11.8 Å². The van der Waals surface area contributed by atoms with E-state index in [9.17, 15) is 0 Å². The molecule has 4 nitrogen and oxygen atoms in total. The minimum atomic E-state index is -0.633. The summed E-state index contributed by atoms with van der Waals surface area (Å²) in [6.07, 6.45) is 7.38. The van der Waals surface area contributed by atoms with Crippen molar-refractivity contribution >= 4 is 11.8 Å². The lowest BCUT2D eigenvalue weighted by molar-refractivity contribution is -0.180. The summed E-state index contributed by atoms with van der Waals surface area (Å²) in [7, 11) is 0. The first-order valence-electron chi connectivity index (χ1n) is 12.2. The molecule has 2 unspecified atom stereocenters.